The van der Waals surface area contributed by atoms with Crippen LogP contribution in [-0.2, 0) is 12.0 Å². The first-order valence-corrected chi connectivity index (χ1v) is 8.63. The number of halogens is 1. The third kappa shape index (κ3) is 3.16. The quantitative estimate of drug-likeness (QED) is 0.828. The van der Waals surface area contributed by atoms with Crippen LogP contribution in [0.15, 0.2) is 22.7 Å². The van der Waals surface area contributed by atoms with Crippen molar-refractivity contribution >= 4 is 27.0 Å². The van der Waals surface area contributed by atoms with Gasteiger partial charge in [-0.1, -0.05) is 36.7 Å². The molecule has 1 aromatic carbocycles. The third-order valence-electron chi connectivity index (χ3n) is 4.22. The second-order valence-corrected chi connectivity index (χ2v) is 7.93. The van der Waals surface area contributed by atoms with Gasteiger partial charge in [-0.3, -0.25) is 0 Å². The fourth-order valence-corrected chi connectivity index (χ4v) is 3.50. The Labute approximate surface area is 135 Å². The summed E-state index contributed by atoms with van der Waals surface area (Å²) in [4.78, 5) is 7.47. The fraction of sp³-hybridized carbons (Fsp3) is 0.588. The van der Waals surface area contributed by atoms with Crippen molar-refractivity contribution in [3.8, 4) is 0 Å². The van der Waals surface area contributed by atoms with Gasteiger partial charge in [0, 0.05) is 23.0 Å². The van der Waals surface area contributed by atoms with E-state index >= 15 is 0 Å². The van der Waals surface area contributed by atoms with Crippen molar-refractivity contribution in [1.29, 1.82) is 0 Å². The number of fused-ring (bicyclic) bond motifs is 1. The summed E-state index contributed by atoms with van der Waals surface area (Å²) < 4.78 is 3.51. The van der Waals surface area contributed by atoms with E-state index in [0.29, 0.717) is 0 Å². The minimum absolute atomic E-state index is 0.0660. The van der Waals surface area contributed by atoms with E-state index in [2.05, 4.69) is 64.4 Å². The Morgan fingerprint density at radius 1 is 1.14 bits per heavy atom. The maximum absolute atomic E-state index is 4.90. The Balaban J connectivity index is 1.96. The van der Waals surface area contributed by atoms with Gasteiger partial charge in [0.15, 0.2) is 0 Å². The van der Waals surface area contributed by atoms with Crippen LogP contribution in [0.1, 0.15) is 39.4 Å². The normalized spacial score (nSPS) is 17.0. The van der Waals surface area contributed by atoms with Crippen LogP contribution in [0.3, 0.4) is 0 Å². The molecular formula is C17H24BrN3. The number of imidazole rings is 1. The topological polar surface area (TPSA) is 21.1 Å². The Morgan fingerprint density at radius 2 is 1.86 bits per heavy atom. The molecule has 2 heterocycles. The summed E-state index contributed by atoms with van der Waals surface area (Å²) in [5, 5.41) is 0. The molecule has 1 aromatic heterocycles. The highest BCUT2D eigenvalue weighted by atomic mass is 79.9. The molecule has 114 valence electrons. The molecule has 0 spiro atoms. The summed E-state index contributed by atoms with van der Waals surface area (Å²) in [5.74, 6) is 1.19. The van der Waals surface area contributed by atoms with Crippen LogP contribution in [0.2, 0.25) is 0 Å². The zero-order valence-corrected chi connectivity index (χ0v) is 14.8. The van der Waals surface area contributed by atoms with E-state index in [-0.39, 0.29) is 5.41 Å². The molecule has 0 unspecified atom stereocenters. The minimum atomic E-state index is 0.0660. The molecule has 1 aliphatic rings. The zero-order chi connectivity index (χ0) is 15.0. The van der Waals surface area contributed by atoms with E-state index in [1.165, 1.54) is 37.3 Å². The van der Waals surface area contributed by atoms with Crippen molar-refractivity contribution in [2.75, 3.05) is 19.6 Å². The van der Waals surface area contributed by atoms with E-state index < -0.39 is 0 Å². The Kier molecular flexibility index (Phi) is 4.10. The first kappa shape index (κ1) is 15.0. The lowest BCUT2D eigenvalue weighted by atomic mass is 9.95. The Hall–Kier alpha value is -0.870. The predicted octanol–water partition coefficient (Wildman–Crippen LogP) is 4.19. The first-order chi connectivity index (χ1) is 9.95. The SMILES string of the molecule is CC(C)(C)c1nc2cc(Br)ccc2n1CCN1CCCC1. The van der Waals surface area contributed by atoms with Gasteiger partial charge in [0.1, 0.15) is 5.82 Å². The molecule has 21 heavy (non-hydrogen) atoms. The summed E-state index contributed by atoms with van der Waals surface area (Å²) in [7, 11) is 0. The number of benzene rings is 1. The molecule has 0 saturated carbocycles. The van der Waals surface area contributed by atoms with Crippen molar-refractivity contribution in [3.63, 3.8) is 0 Å². The molecule has 0 atom stereocenters. The van der Waals surface area contributed by atoms with Gasteiger partial charge in [0.05, 0.1) is 11.0 Å². The second kappa shape index (κ2) is 5.73. The van der Waals surface area contributed by atoms with E-state index in [9.17, 15) is 0 Å². The van der Waals surface area contributed by atoms with E-state index in [1.54, 1.807) is 0 Å². The van der Waals surface area contributed by atoms with Gasteiger partial charge in [0.25, 0.3) is 0 Å². The fourth-order valence-electron chi connectivity index (χ4n) is 3.15. The summed E-state index contributed by atoms with van der Waals surface area (Å²) in [6, 6.07) is 6.42. The van der Waals surface area contributed by atoms with Crippen molar-refractivity contribution in [2.24, 2.45) is 0 Å². The van der Waals surface area contributed by atoms with Crippen molar-refractivity contribution in [3.05, 3.63) is 28.5 Å². The molecule has 0 radical (unpaired) electrons. The maximum Gasteiger partial charge on any atom is 0.115 e. The lowest BCUT2D eigenvalue weighted by molar-refractivity contribution is 0.318. The highest BCUT2D eigenvalue weighted by Crippen LogP contribution is 2.28. The number of aromatic nitrogens is 2. The van der Waals surface area contributed by atoms with E-state index in [0.717, 1.165) is 23.1 Å². The monoisotopic (exact) mass is 349 g/mol. The largest absolute Gasteiger partial charge is 0.326 e. The average molecular weight is 350 g/mol. The standard InChI is InChI=1S/C17H24BrN3/c1-17(2,3)16-19-14-12-13(18)6-7-15(14)21(16)11-10-20-8-4-5-9-20/h6-7,12H,4-5,8-11H2,1-3H3. The van der Waals surface area contributed by atoms with Gasteiger partial charge < -0.3 is 9.47 Å². The van der Waals surface area contributed by atoms with E-state index in [1.807, 2.05) is 0 Å². The summed E-state index contributed by atoms with van der Waals surface area (Å²) in [6.07, 6.45) is 2.70. The van der Waals surface area contributed by atoms with Gasteiger partial charge in [-0.25, -0.2) is 4.98 Å². The summed E-state index contributed by atoms with van der Waals surface area (Å²) in [6.45, 7) is 11.4. The molecule has 1 aliphatic heterocycles. The molecule has 2 aromatic rings. The maximum atomic E-state index is 4.90. The molecule has 3 rings (SSSR count). The number of nitrogens with zero attached hydrogens (tertiary/aromatic N) is 3. The van der Waals surface area contributed by atoms with Crippen molar-refractivity contribution in [1.82, 2.24) is 14.5 Å². The van der Waals surface area contributed by atoms with Crippen LogP contribution >= 0.6 is 15.9 Å². The molecule has 0 N–H and O–H groups in total. The minimum Gasteiger partial charge on any atom is -0.326 e. The molecule has 3 nitrogen and oxygen atoms in total. The molecule has 1 fully saturated rings. The van der Waals surface area contributed by atoms with Crippen LogP contribution < -0.4 is 0 Å². The first-order valence-electron chi connectivity index (χ1n) is 7.84. The number of hydrogen-bond acceptors (Lipinski definition) is 2. The van der Waals surface area contributed by atoms with Crippen LogP contribution in [0.25, 0.3) is 11.0 Å². The van der Waals surface area contributed by atoms with Crippen molar-refractivity contribution < 1.29 is 0 Å². The molecule has 0 aliphatic carbocycles. The van der Waals surface area contributed by atoms with E-state index in [4.69, 9.17) is 4.98 Å². The number of hydrogen-bond donors (Lipinski definition) is 0. The van der Waals surface area contributed by atoms with Gasteiger partial charge in [0.2, 0.25) is 0 Å². The molecule has 1 saturated heterocycles. The summed E-state index contributed by atoms with van der Waals surface area (Å²) in [5.41, 5.74) is 2.41. The van der Waals surface area contributed by atoms with Gasteiger partial charge >= 0.3 is 0 Å². The highest BCUT2D eigenvalue weighted by molar-refractivity contribution is 9.10. The number of rotatable bonds is 3. The van der Waals surface area contributed by atoms with Crippen molar-refractivity contribution in [2.45, 2.75) is 45.6 Å². The second-order valence-electron chi connectivity index (χ2n) is 7.02. The van der Waals surface area contributed by atoms with Crippen LogP contribution in [0.5, 0.6) is 0 Å². The van der Waals surface area contributed by atoms with Crippen LogP contribution in [0.4, 0.5) is 0 Å². The lowest BCUT2D eigenvalue weighted by Crippen LogP contribution is -2.27. The van der Waals surface area contributed by atoms with Gasteiger partial charge in [-0.05, 0) is 44.1 Å². The third-order valence-corrected chi connectivity index (χ3v) is 4.71. The molecule has 4 heteroatoms. The summed E-state index contributed by atoms with van der Waals surface area (Å²) >= 11 is 3.55. The molecule has 0 amide bonds. The van der Waals surface area contributed by atoms with Crippen LogP contribution in [0, 0.1) is 0 Å². The van der Waals surface area contributed by atoms with Gasteiger partial charge in [-0.15, -0.1) is 0 Å². The molecular weight excluding hydrogens is 326 g/mol. The Bertz CT molecular complexity index is 633. The Morgan fingerprint density at radius 3 is 2.52 bits per heavy atom. The lowest BCUT2D eigenvalue weighted by Gasteiger charge is -2.22. The number of likely N-dealkylation sites (tertiary alicyclic amines) is 1. The smallest absolute Gasteiger partial charge is 0.115 e. The average Bonchev–Trinajstić information content (AvgIpc) is 3.01. The van der Waals surface area contributed by atoms with Gasteiger partial charge in [-0.2, -0.15) is 0 Å². The highest BCUT2D eigenvalue weighted by Gasteiger charge is 2.23. The zero-order valence-electron chi connectivity index (χ0n) is 13.2. The van der Waals surface area contributed by atoms with Crippen LogP contribution in [-0.4, -0.2) is 34.1 Å². The molecule has 0 bridgehead atoms. The predicted molar refractivity (Wildman–Crippen MR) is 91.8 cm³/mol.